The third-order valence-electron chi connectivity index (χ3n) is 3.61. The summed E-state index contributed by atoms with van der Waals surface area (Å²) in [7, 11) is 1.67. The summed E-state index contributed by atoms with van der Waals surface area (Å²) in [6, 6.07) is 18.4. The Morgan fingerprint density at radius 1 is 1.00 bits per heavy atom. The van der Waals surface area contributed by atoms with E-state index in [1.165, 1.54) is 5.56 Å². The molecule has 2 N–H and O–H groups in total. The molecule has 0 saturated heterocycles. The van der Waals surface area contributed by atoms with Gasteiger partial charge in [-0.25, -0.2) is 0 Å². The van der Waals surface area contributed by atoms with Gasteiger partial charge in [-0.15, -0.1) is 0 Å². The van der Waals surface area contributed by atoms with E-state index in [1.54, 1.807) is 7.11 Å². The Morgan fingerprint density at radius 2 is 1.62 bits per heavy atom. The molecule has 3 heteroatoms. The molecule has 112 valence electrons. The van der Waals surface area contributed by atoms with Crippen LogP contribution in [0, 0.1) is 0 Å². The van der Waals surface area contributed by atoms with Gasteiger partial charge in [0.2, 0.25) is 0 Å². The first kappa shape index (κ1) is 15.5. The van der Waals surface area contributed by atoms with Gasteiger partial charge in [-0.05, 0) is 29.7 Å². The second kappa shape index (κ2) is 7.81. The van der Waals surface area contributed by atoms with Crippen LogP contribution in [0.5, 0.6) is 5.75 Å². The minimum absolute atomic E-state index is 0.0679. The van der Waals surface area contributed by atoms with Crippen LogP contribution >= 0.6 is 0 Å². The predicted molar refractivity (Wildman–Crippen MR) is 85.6 cm³/mol. The van der Waals surface area contributed by atoms with Crippen molar-refractivity contribution >= 4 is 0 Å². The summed E-state index contributed by atoms with van der Waals surface area (Å²) >= 11 is 0. The fourth-order valence-corrected chi connectivity index (χ4v) is 2.27. The van der Waals surface area contributed by atoms with Crippen molar-refractivity contribution in [3.63, 3.8) is 0 Å². The van der Waals surface area contributed by atoms with E-state index < -0.39 is 0 Å². The molecule has 2 atom stereocenters. The zero-order valence-electron chi connectivity index (χ0n) is 12.6. The summed E-state index contributed by atoms with van der Waals surface area (Å²) in [5, 5.41) is 13.2. The number of methoxy groups -OCH3 is 1. The monoisotopic (exact) mass is 285 g/mol. The SMILES string of the molecule is CCC(O)CNC(c1ccccc1)c1ccc(OC)cc1. The van der Waals surface area contributed by atoms with Gasteiger partial charge in [0.25, 0.3) is 0 Å². The zero-order valence-corrected chi connectivity index (χ0v) is 12.6. The zero-order chi connectivity index (χ0) is 15.1. The highest BCUT2D eigenvalue weighted by atomic mass is 16.5. The quantitative estimate of drug-likeness (QED) is 0.821. The first-order valence-corrected chi connectivity index (χ1v) is 7.35. The smallest absolute Gasteiger partial charge is 0.118 e. The van der Waals surface area contributed by atoms with Crippen molar-refractivity contribution in [1.82, 2.24) is 5.32 Å². The minimum Gasteiger partial charge on any atom is -0.497 e. The van der Waals surface area contributed by atoms with Crippen LogP contribution in [0.3, 0.4) is 0 Å². The third-order valence-corrected chi connectivity index (χ3v) is 3.61. The molecule has 0 heterocycles. The van der Waals surface area contributed by atoms with Crippen LogP contribution in [0.25, 0.3) is 0 Å². The molecule has 0 aliphatic heterocycles. The number of hydrogen-bond donors (Lipinski definition) is 2. The van der Waals surface area contributed by atoms with E-state index >= 15 is 0 Å². The molecule has 2 unspecified atom stereocenters. The molecular formula is C18H23NO2. The predicted octanol–water partition coefficient (Wildman–Crippen LogP) is 3.15. The molecule has 0 aliphatic carbocycles. The van der Waals surface area contributed by atoms with Crippen LogP contribution in [0.4, 0.5) is 0 Å². The van der Waals surface area contributed by atoms with Crippen molar-refractivity contribution < 1.29 is 9.84 Å². The normalized spacial score (nSPS) is 13.7. The van der Waals surface area contributed by atoms with Crippen LogP contribution < -0.4 is 10.1 Å². The summed E-state index contributed by atoms with van der Waals surface area (Å²) in [5.41, 5.74) is 2.34. The second-order valence-corrected chi connectivity index (χ2v) is 5.09. The Balaban J connectivity index is 2.22. The fraction of sp³-hybridized carbons (Fsp3) is 0.333. The second-order valence-electron chi connectivity index (χ2n) is 5.09. The van der Waals surface area contributed by atoms with Gasteiger partial charge >= 0.3 is 0 Å². The molecule has 2 rings (SSSR count). The molecule has 0 spiro atoms. The Labute approximate surface area is 126 Å². The molecule has 3 nitrogen and oxygen atoms in total. The molecule has 21 heavy (non-hydrogen) atoms. The molecule has 0 amide bonds. The van der Waals surface area contributed by atoms with Gasteiger partial charge in [0.15, 0.2) is 0 Å². The van der Waals surface area contributed by atoms with Crippen molar-refractivity contribution in [2.24, 2.45) is 0 Å². The maximum absolute atomic E-state index is 9.80. The third kappa shape index (κ3) is 4.31. The molecule has 2 aromatic rings. The maximum atomic E-state index is 9.80. The molecule has 0 radical (unpaired) electrons. The lowest BCUT2D eigenvalue weighted by Crippen LogP contribution is -2.30. The maximum Gasteiger partial charge on any atom is 0.118 e. The first-order chi connectivity index (χ1) is 10.2. The van der Waals surface area contributed by atoms with E-state index in [1.807, 2.05) is 37.3 Å². The van der Waals surface area contributed by atoms with Crippen LogP contribution in [-0.4, -0.2) is 24.9 Å². The van der Waals surface area contributed by atoms with Gasteiger partial charge < -0.3 is 15.2 Å². The Morgan fingerprint density at radius 3 is 2.19 bits per heavy atom. The van der Waals surface area contributed by atoms with Gasteiger partial charge in [-0.1, -0.05) is 49.4 Å². The number of nitrogens with one attached hydrogen (secondary N) is 1. The average molecular weight is 285 g/mol. The Kier molecular flexibility index (Phi) is 5.78. The lowest BCUT2D eigenvalue weighted by molar-refractivity contribution is 0.165. The molecule has 0 aliphatic rings. The van der Waals surface area contributed by atoms with Gasteiger partial charge in [0.1, 0.15) is 5.75 Å². The number of rotatable bonds is 7. The number of aliphatic hydroxyl groups excluding tert-OH is 1. The van der Waals surface area contributed by atoms with E-state index in [9.17, 15) is 5.11 Å². The van der Waals surface area contributed by atoms with Crippen LogP contribution in [0.2, 0.25) is 0 Å². The van der Waals surface area contributed by atoms with Crippen molar-refractivity contribution in [2.75, 3.05) is 13.7 Å². The number of hydrogen-bond acceptors (Lipinski definition) is 3. The van der Waals surface area contributed by atoms with E-state index in [0.717, 1.165) is 17.7 Å². The molecule has 0 aromatic heterocycles. The highest BCUT2D eigenvalue weighted by Crippen LogP contribution is 2.24. The minimum atomic E-state index is -0.325. The number of benzene rings is 2. The van der Waals surface area contributed by atoms with Crippen molar-refractivity contribution in [3.8, 4) is 5.75 Å². The van der Waals surface area contributed by atoms with Gasteiger partial charge in [-0.3, -0.25) is 0 Å². The van der Waals surface area contributed by atoms with Crippen molar-refractivity contribution in [2.45, 2.75) is 25.5 Å². The number of ether oxygens (including phenoxy) is 1. The molecule has 0 fully saturated rings. The topological polar surface area (TPSA) is 41.5 Å². The van der Waals surface area contributed by atoms with E-state index in [-0.39, 0.29) is 12.1 Å². The lowest BCUT2D eigenvalue weighted by Gasteiger charge is -2.21. The molecular weight excluding hydrogens is 262 g/mol. The highest BCUT2D eigenvalue weighted by molar-refractivity contribution is 5.35. The van der Waals surface area contributed by atoms with Crippen LogP contribution in [0.1, 0.15) is 30.5 Å². The standard InChI is InChI=1S/C18H23NO2/c1-3-16(20)13-19-18(14-7-5-4-6-8-14)15-9-11-17(21-2)12-10-15/h4-12,16,18-20H,3,13H2,1-2H3. The Hall–Kier alpha value is -1.84. The van der Waals surface area contributed by atoms with Crippen LogP contribution in [0.15, 0.2) is 54.6 Å². The highest BCUT2D eigenvalue weighted by Gasteiger charge is 2.14. The summed E-state index contributed by atoms with van der Waals surface area (Å²) < 4.78 is 5.21. The summed E-state index contributed by atoms with van der Waals surface area (Å²) in [5.74, 6) is 0.846. The average Bonchev–Trinajstić information content (AvgIpc) is 2.56. The number of aliphatic hydroxyl groups is 1. The van der Waals surface area contributed by atoms with Crippen molar-refractivity contribution in [1.29, 1.82) is 0 Å². The summed E-state index contributed by atoms with van der Waals surface area (Å²) in [4.78, 5) is 0. The van der Waals surface area contributed by atoms with E-state index in [2.05, 4.69) is 29.6 Å². The largest absolute Gasteiger partial charge is 0.497 e. The fourth-order valence-electron chi connectivity index (χ4n) is 2.27. The molecule has 0 bridgehead atoms. The molecule has 2 aromatic carbocycles. The van der Waals surface area contributed by atoms with Gasteiger partial charge in [-0.2, -0.15) is 0 Å². The van der Waals surface area contributed by atoms with E-state index in [0.29, 0.717) is 6.54 Å². The lowest BCUT2D eigenvalue weighted by atomic mass is 9.98. The summed E-state index contributed by atoms with van der Waals surface area (Å²) in [6.07, 6.45) is 0.423. The van der Waals surface area contributed by atoms with E-state index in [4.69, 9.17) is 4.74 Å². The summed E-state index contributed by atoms with van der Waals surface area (Å²) in [6.45, 7) is 2.55. The first-order valence-electron chi connectivity index (χ1n) is 7.35. The van der Waals surface area contributed by atoms with Gasteiger partial charge in [0, 0.05) is 6.54 Å². The van der Waals surface area contributed by atoms with Crippen molar-refractivity contribution in [3.05, 3.63) is 65.7 Å². The Bertz CT molecular complexity index is 525. The van der Waals surface area contributed by atoms with Gasteiger partial charge in [0.05, 0.1) is 19.3 Å². The van der Waals surface area contributed by atoms with Crippen LogP contribution in [-0.2, 0) is 0 Å². The molecule has 0 saturated carbocycles.